The fourth-order valence-corrected chi connectivity index (χ4v) is 5.66. The molecule has 2 aliphatic rings. The summed E-state index contributed by atoms with van der Waals surface area (Å²) in [7, 11) is 0. The largest absolute Gasteiger partial charge is 0.298 e. The molecule has 0 spiro atoms. The Bertz CT molecular complexity index is 1090. The van der Waals surface area contributed by atoms with Gasteiger partial charge in [0.05, 0.1) is 22.9 Å². The van der Waals surface area contributed by atoms with Crippen molar-refractivity contribution in [3.8, 4) is 0 Å². The molecule has 0 saturated heterocycles. The summed E-state index contributed by atoms with van der Waals surface area (Å²) >= 11 is 1.49. The lowest BCUT2D eigenvalue weighted by Gasteiger charge is -2.27. The Morgan fingerprint density at radius 1 is 0.941 bits per heavy atom. The Labute approximate surface area is 208 Å². The normalized spacial score (nSPS) is 18.4. The molecule has 0 radical (unpaired) electrons. The molecule has 2 atom stereocenters. The predicted molar refractivity (Wildman–Crippen MR) is 145 cm³/mol. The minimum absolute atomic E-state index is 0.159. The van der Waals surface area contributed by atoms with Crippen LogP contribution in [0.5, 0.6) is 0 Å². The summed E-state index contributed by atoms with van der Waals surface area (Å²) < 4.78 is 0. The number of aliphatic imine (C=N–C) groups is 2. The number of hydrogen-bond acceptors (Lipinski definition) is 4. The lowest BCUT2D eigenvalue weighted by Crippen LogP contribution is -2.19. The molecule has 0 aromatic heterocycles. The Morgan fingerprint density at radius 2 is 1.56 bits per heavy atom. The van der Waals surface area contributed by atoms with Crippen molar-refractivity contribution in [2.24, 2.45) is 21.8 Å². The smallest absolute Gasteiger partial charge is 0.145 e. The second kappa shape index (κ2) is 12.1. The zero-order valence-electron chi connectivity index (χ0n) is 20.2. The van der Waals surface area contributed by atoms with E-state index in [1.807, 2.05) is 67.6 Å². The highest BCUT2D eigenvalue weighted by Crippen LogP contribution is 2.33. The maximum atomic E-state index is 13.0. The van der Waals surface area contributed by atoms with Crippen molar-refractivity contribution >= 4 is 29.0 Å². The van der Waals surface area contributed by atoms with Crippen molar-refractivity contribution in [3.05, 3.63) is 88.8 Å². The molecule has 4 rings (SSSR count). The second-order valence-corrected chi connectivity index (χ2v) is 10.7. The number of carbonyl (C=O) groups excluding carboxylic acids is 1. The molecule has 2 unspecified atom stereocenters. The maximum Gasteiger partial charge on any atom is 0.145 e. The molecule has 1 fully saturated rings. The summed E-state index contributed by atoms with van der Waals surface area (Å²) in [5.41, 5.74) is 6.84. The molecule has 176 valence electrons. The SMILES string of the molecule is CC(SC1=C=CN=C(c2ccccc2)C(c2ccccc2)=N1)C(=O)CCC(C)C1CCCCC1. The number of ketones is 1. The predicted octanol–water partition coefficient (Wildman–Crippen LogP) is 7.62. The van der Waals surface area contributed by atoms with Crippen LogP contribution >= 0.6 is 11.8 Å². The van der Waals surface area contributed by atoms with Crippen molar-refractivity contribution in [2.45, 2.75) is 64.0 Å². The molecule has 4 heteroatoms. The topological polar surface area (TPSA) is 41.8 Å². The van der Waals surface area contributed by atoms with Gasteiger partial charge in [0.1, 0.15) is 10.8 Å². The van der Waals surface area contributed by atoms with Crippen LogP contribution in [0.15, 0.2) is 87.6 Å². The lowest BCUT2D eigenvalue weighted by molar-refractivity contribution is -0.118. The number of benzene rings is 2. The first-order chi connectivity index (χ1) is 16.6. The van der Waals surface area contributed by atoms with Crippen molar-refractivity contribution in [1.29, 1.82) is 0 Å². The van der Waals surface area contributed by atoms with E-state index in [1.54, 1.807) is 6.20 Å². The molecule has 3 nitrogen and oxygen atoms in total. The molecule has 0 N–H and O–H groups in total. The average molecular weight is 471 g/mol. The average Bonchev–Trinajstić information content (AvgIpc) is 3.11. The van der Waals surface area contributed by atoms with E-state index >= 15 is 0 Å². The summed E-state index contributed by atoms with van der Waals surface area (Å²) in [5.74, 6) is 1.72. The van der Waals surface area contributed by atoms with E-state index in [-0.39, 0.29) is 5.25 Å². The monoisotopic (exact) mass is 470 g/mol. The number of carbonyl (C=O) groups is 1. The Kier molecular flexibility index (Phi) is 8.73. The van der Waals surface area contributed by atoms with E-state index in [4.69, 9.17) is 9.98 Å². The van der Waals surface area contributed by atoms with Crippen LogP contribution in [0.3, 0.4) is 0 Å². The lowest BCUT2D eigenvalue weighted by atomic mass is 9.79. The van der Waals surface area contributed by atoms with E-state index in [0.29, 0.717) is 23.2 Å². The van der Waals surface area contributed by atoms with Crippen LogP contribution < -0.4 is 0 Å². The fourth-order valence-electron chi connectivity index (χ4n) is 4.81. The van der Waals surface area contributed by atoms with Gasteiger partial charge < -0.3 is 0 Å². The van der Waals surface area contributed by atoms with Crippen LogP contribution in [-0.4, -0.2) is 22.5 Å². The molecule has 1 aliphatic heterocycles. The molecule has 2 aromatic carbocycles. The minimum atomic E-state index is -0.159. The quantitative estimate of drug-likeness (QED) is 0.354. The van der Waals surface area contributed by atoms with Gasteiger partial charge in [-0.3, -0.25) is 4.79 Å². The van der Waals surface area contributed by atoms with Crippen molar-refractivity contribution < 1.29 is 4.79 Å². The second-order valence-electron chi connectivity index (χ2n) is 9.39. The number of hydrogen-bond donors (Lipinski definition) is 0. The number of nitrogens with zero attached hydrogens (tertiary/aromatic N) is 2. The third kappa shape index (κ3) is 6.46. The van der Waals surface area contributed by atoms with E-state index in [1.165, 1.54) is 43.9 Å². The molecule has 1 saturated carbocycles. The highest BCUT2D eigenvalue weighted by molar-refractivity contribution is 8.04. The van der Waals surface area contributed by atoms with E-state index in [9.17, 15) is 4.79 Å². The van der Waals surface area contributed by atoms with Gasteiger partial charge in [-0.25, -0.2) is 9.98 Å². The molecular formula is C30H34N2OS. The van der Waals surface area contributed by atoms with E-state index in [2.05, 4.69) is 12.7 Å². The number of rotatable bonds is 9. The molecule has 1 aliphatic carbocycles. The zero-order chi connectivity index (χ0) is 23.8. The van der Waals surface area contributed by atoms with Crippen molar-refractivity contribution in [1.82, 2.24) is 0 Å². The molecular weight excluding hydrogens is 436 g/mol. The third-order valence-corrected chi connectivity index (χ3v) is 8.01. The van der Waals surface area contributed by atoms with Gasteiger partial charge in [-0.1, -0.05) is 117 Å². The number of Topliss-reactive ketones (excluding diaryl/α,β-unsaturated/α-hetero) is 1. The van der Waals surface area contributed by atoms with Gasteiger partial charge in [-0.05, 0) is 25.2 Å². The summed E-state index contributed by atoms with van der Waals surface area (Å²) in [6, 6.07) is 20.2. The Morgan fingerprint density at radius 3 is 2.21 bits per heavy atom. The first-order valence-electron chi connectivity index (χ1n) is 12.5. The van der Waals surface area contributed by atoms with Crippen LogP contribution in [0.4, 0.5) is 0 Å². The van der Waals surface area contributed by atoms with Gasteiger partial charge in [0, 0.05) is 17.5 Å². The maximum absolute atomic E-state index is 13.0. The molecule has 1 heterocycles. The van der Waals surface area contributed by atoms with Crippen molar-refractivity contribution in [3.63, 3.8) is 0 Å². The summed E-state index contributed by atoms with van der Waals surface area (Å²) in [5, 5.41) is 0.545. The first-order valence-corrected chi connectivity index (χ1v) is 13.4. The fraction of sp³-hybridized carbons (Fsp3) is 0.400. The van der Waals surface area contributed by atoms with Crippen LogP contribution in [0.1, 0.15) is 69.9 Å². The molecule has 0 bridgehead atoms. The summed E-state index contributed by atoms with van der Waals surface area (Å²) in [6.45, 7) is 4.32. The van der Waals surface area contributed by atoms with Gasteiger partial charge in [-0.2, -0.15) is 0 Å². The highest BCUT2D eigenvalue weighted by Gasteiger charge is 2.23. The van der Waals surface area contributed by atoms with Gasteiger partial charge in [0.15, 0.2) is 0 Å². The third-order valence-electron chi connectivity index (χ3n) is 6.96. The first kappa shape index (κ1) is 24.4. The molecule has 0 amide bonds. The van der Waals surface area contributed by atoms with E-state index in [0.717, 1.165) is 34.9 Å². The van der Waals surface area contributed by atoms with Gasteiger partial charge in [0.2, 0.25) is 0 Å². The summed E-state index contributed by atoms with van der Waals surface area (Å²) in [6.07, 6.45) is 10.1. The van der Waals surface area contributed by atoms with Crippen LogP contribution in [0.2, 0.25) is 0 Å². The molecule has 34 heavy (non-hydrogen) atoms. The Hall–Kier alpha value is -2.68. The van der Waals surface area contributed by atoms with E-state index < -0.39 is 0 Å². The molecule has 2 aromatic rings. The van der Waals surface area contributed by atoms with Gasteiger partial charge >= 0.3 is 0 Å². The van der Waals surface area contributed by atoms with Crippen LogP contribution in [0.25, 0.3) is 0 Å². The summed E-state index contributed by atoms with van der Waals surface area (Å²) in [4.78, 5) is 22.6. The highest BCUT2D eigenvalue weighted by atomic mass is 32.2. The number of thioether (sulfide) groups is 1. The van der Waals surface area contributed by atoms with Crippen LogP contribution in [0, 0.1) is 11.8 Å². The zero-order valence-corrected chi connectivity index (χ0v) is 21.1. The van der Waals surface area contributed by atoms with Gasteiger partial charge in [-0.15, -0.1) is 0 Å². The van der Waals surface area contributed by atoms with Gasteiger partial charge in [0.25, 0.3) is 0 Å². The van der Waals surface area contributed by atoms with Crippen LogP contribution in [-0.2, 0) is 4.79 Å². The minimum Gasteiger partial charge on any atom is -0.298 e. The standard InChI is InChI=1S/C30H34N2OS/c1-22(24-12-6-3-7-13-24)18-19-27(33)23(2)34-28-20-21-31-29(25-14-8-4-9-15-25)30(32-28)26-16-10-5-11-17-26/h4-5,8-11,14-17,21-24H,3,6-7,12-13,18-19H2,1-2H3. The van der Waals surface area contributed by atoms with Crippen molar-refractivity contribution in [2.75, 3.05) is 0 Å². The Balaban J connectivity index is 1.46.